The van der Waals surface area contributed by atoms with Crippen LogP contribution >= 0.6 is 15.9 Å². The Hall–Kier alpha value is -3.53. The number of hydrogen-bond donors (Lipinski definition) is 3. The van der Waals surface area contributed by atoms with E-state index in [1.165, 1.54) is 42.5 Å². The molecule has 0 aliphatic rings. The van der Waals surface area contributed by atoms with Crippen LogP contribution in [0.15, 0.2) is 58.7 Å². The molecule has 0 aliphatic carbocycles. The summed E-state index contributed by atoms with van der Waals surface area (Å²) in [5.74, 6) is -2.71. The average Bonchev–Trinajstić information content (AvgIpc) is 2.66. The minimum atomic E-state index is -1.26. The largest absolute Gasteiger partial charge is 0.480 e. The molecule has 2 amide bonds. The molecule has 0 bridgehead atoms. The molecule has 2 aromatic carbocycles. The number of carboxylic acids is 1. The van der Waals surface area contributed by atoms with Crippen molar-refractivity contribution in [3.63, 3.8) is 0 Å². The van der Waals surface area contributed by atoms with Gasteiger partial charge >= 0.3 is 5.97 Å². The van der Waals surface area contributed by atoms with Gasteiger partial charge in [-0.1, -0.05) is 28.1 Å². The Morgan fingerprint density at radius 3 is 2.43 bits per heavy atom. The number of benzene rings is 2. The van der Waals surface area contributed by atoms with Gasteiger partial charge in [0.15, 0.2) is 0 Å². The number of aliphatic carboxylic acids is 1. The lowest BCUT2D eigenvalue weighted by molar-refractivity contribution is -0.384. The Bertz CT molecular complexity index is 956. The zero-order chi connectivity index (χ0) is 20.7. The molecule has 2 aromatic rings. The van der Waals surface area contributed by atoms with Crippen molar-refractivity contribution in [3.05, 3.63) is 79.9 Å². The molecular formula is C18H14BrN3O6. The van der Waals surface area contributed by atoms with Crippen LogP contribution in [0.2, 0.25) is 0 Å². The number of nitrogens with one attached hydrogen (secondary N) is 2. The number of nitro benzene ring substituents is 1. The molecule has 0 aliphatic heterocycles. The van der Waals surface area contributed by atoms with E-state index in [9.17, 15) is 24.5 Å². The van der Waals surface area contributed by atoms with Crippen LogP contribution in [-0.4, -0.2) is 34.4 Å². The quantitative estimate of drug-likeness (QED) is 0.338. The maximum absolute atomic E-state index is 12.4. The van der Waals surface area contributed by atoms with E-state index in [0.29, 0.717) is 0 Å². The first kappa shape index (κ1) is 20.8. The topological polar surface area (TPSA) is 139 Å². The fourth-order valence-electron chi connectivity index (χ4n) is 2.10. The van der Waals surface area contributed by atoms with Crippen LogP contribution in [0.5, 0.6) is 0 Å². The number of nitrogens with zero attached hydrogens (tertiary/aromatic N) is 1. The SMILES string of the molecule is O=C(O)CNC(=O)C(=Cc1cccc([N+](=O)[O-])c1)NC(=O)c1ccc(Br)cc1. The van der Waals surface area contributed by atoms with Gasteiger partial charge in [0.25, 0.3) is 17.5 Å². The van der Waals surface area contributed by atoms with Crippen LogP contribution in [0.3, 0.4) is 0 Å². The zero-order valence-corrected chi connectivity index (χ0v) is 15.8. The van der Waals surface area contributed by atoms with Crippen LogP contribution < -0.4 is 10.6 Å². The van der Waals surface area contributed by atoms with Gasteiger partial charge in [-0.2, -0.15) is 0 Å². The average molecular weight is 448 g/mol. The predicted octanol–water partition coefficient (Wildman–Crippen LogP) is 2.33. The number of hydrogen-bond acceptors (Lipinski definition) is 5. The molecular weight excluding hydrogens is 434 g/mol. The van der Waals surface area contributed by atoms with Crippen molar-refractivity contribution in [3.8, 4) is 0 Å². The molecule has 0 unspecified atom stereocenters. The third-order valence-electron chi connectivity index (χ3n) is 3.39. The van der Waals surface area contributed by atoms with Gasteiger partial charge in [-0.15, -0.1) is 0 Å². The predicted molar refractivity (Wildman–Crippen MR) is 103 cm³/mol. The molecule has 0 saturated heterocycles. The number of amides is 2. The molecule has 0 spiro atoms. The molecule has 0 fully saturated rings. The lowest BCUT2D eigenvalue weighted by Crippen LogP contribution is -2.37. The minimum Gasteiger partial charge on any atom is -0.480 e. The highest BCUT2D eigenvalue weighted by Crippen LogP contribution is 2.16. The summed E-state index contributed by atoms with van der Waals surface area (Å²) in [6, 6.07) is 11.8. The molecule has 0 radical (unpaired) electrons. The number of carboxylic acid groups (broad SMARTS) is 1. The first-order valence-electron chi connectivity index (χ1n) is 7.79. The lowest BCUT2D eigenvalue weighted by Gasteiger charge is -2.10. The maximum atomic E-state index is 12.4. The van der Waals surface area contributed by atoms with Gasteiger partial charge in [0.2, 0.25) is 0 Å². The highest BCUT2D eigenvalue weighted by molar-refractivity contribution is 9.10. The first-order valence-corrected chi connectivity index (χ1v) is 8.58. The third-order valence-corrected chi connectivity index (χ3v) is 3.92. The van der Waals surface area contributed by atoms with E-state index in [2.05, 4.69) is 26.6 Å². The maximum Gasteiger partial charge on any atom is 0.322 e. The number of rotatable bonds is 7. The van der Waals surface area contributed by atoms with E-state index in [0.717, 1.165) is 4.47 Å². The second-order valence-electron chi connectivity index (χ2n) is 5.45. The van der Waals surface area contributed by atoms with Crippen LogP contribution in [0.4, 0.5) is 5.69 Å². The molecule has 0 heterocycles. The van der Waals surface area contributed by atoms with E-state index in [1.54, 1.807) is 12.1 Å². The fourth-order valence-corrected chi connectivity index (χ4v) is 2.36. The van der Waals surface area contributed by atoms with Crippen molar-refractivity contribution >= 4 is 45.5 Å². The molecule has 2 rings (SSSR count). The van der Waals surface area contributed by atoms with Crippen molar-refractivity contribution in [2.45, 2.75) is 0 Å². The van der Waals surface area contributed by atoms with Crippen molar-refractivity contribution < 1.29 is 24.4 Å². The number of halogens is 1. The number of carbonyl (C=O) groups is 3. The molecule has 0 aromatic heterocycles. The van der Waals surface area contributed by atoms with Crippen molar-refractivity contribution in [1.29, 1.82) is 0 Å². The Labute approximate surface area is 167 Å². The van der Waals surface area contributed by atoms with Crippen LogP contribution in [-0.2, 0) is 9.59 Å². The van der Waals surface area contributed by atoms with E-state index >= 15 is 0 Å². The van der Waals surface area contributed by atoms with E-state index in [-0.39, 0.29) is 22.5 Å². The molecule has 0 saturated carbocycles. The summed E-state index contributed by atoms with van der Waals surface area (Å²) >= 11 is 3.25. The van der Waals surface area contributed by atoms with E-state index in [4.69, 9.17) is 5.11 Å². The molecule has 0 atom stereocenters. The molecule has 10 heteroatoms. The Kier molecular flexibility index (Phi) is 6.99. The Balaban J connectivity index is 2.33. The van der Waals surface area contributed by atoms with Gasteiger partial charge in [0.1, 0.15) is 12.2 Å². The van der Waals surface area contributed by atoms with Gasteiger partial charge in [0, 0.05) is 22.2 Å². The monoisotopic (exact) mass is 447 g/mol. The highest BCUT2D eigenvalue weighted by atomic mass is 79.9. The van der Waals surface area contributed by atoms with Gasteiger partial charge < -0.3 is 15.7 Å². The van der Waals surface area contributed by atoms with E-state index < -0.39 is 29.3 Å². The van der Waals surface area contributed by atoms with Gasteiger partial charge in [-0.3, -0.25) is 24.5 Å². The number of carbonyl (C=O) groups excluding carboxylic acids is 2. The summed E-state index contributed by atoms with van der Waals surface area (Å²) < 4.78 is 0.760. The standard InChI is InChI=1S/C18H14BrN3O6/c19-13-6-4-12(5-7-13)17(25)21-15(18(26)20-10-16(23)24)9-11-2-1-3-14(8-11)22(27)28/h1-9H,10H2,(H,20,26)(H,21,25)(H,23,24). The smallest absolute Gasteiger partial charge is 0.322 e. The Morgan fingerprint density at radius 1 is 1.14 bits per heavy atom. The lowest BCUT2D eigenvalue weighted by atomic mass is 10.1. The second kappa shape index (κ2) is 9.42. The second-order valence-corrected chi connectivity index (χ2v) is 6.36. The van der Waals surface area contributed by atoms with Crippen LogP contribution in [0.25, 0.3) is 6.08 Å². The number of non-ortho nitro benzene ring substituents is 1. The minimum absolute atomic E-state index is 0.196. The summed E-state index contributed by atoms with van der Waals surface area (Å²) in [7, 11) is 0. The molecule has 9 nitrogen and oxygen atoms in total. The highest BCUT2D eigenvalue weighted by Gasteiger charge is 2.16. The first-order chi connectivity index (χ1) is 13.3. The van der Waals surface area contributed by atoms with Gasteiger partial charge in [0.05, 0.1) is 4.92 Å². The fraction of sp³-hybridized carbons (Fsp3) is 0.0556. The van der Waals surface area contributed by atoms with Gasteiger partial charge in [-0.25, -0.2) is 0 Å². The molecule has 3 N–H and O–H groups in total. The molecule has 144 valence electrons. The van der Waals surface area contributed by atoms with Gasteiger partial charge in [-0.05, 0) is 35.9 Å². The van der Waals surface area contributed by atoms with Crippen molar-refractivity contribution in [2.75, 3.05) is 6.54 Å². The summed E-state index contributed by atoms with van der Waals surface area (Å²) in [6.07, 6.45) is 1.22. The molecule has 28 heavy (non-hydrogen) atoms. The summed E-state index contributed by atoms with van der Waals surface area (Å²) in [6.45, 7) is -0.654. The normalized spacial score (nSPS) is 10.8. The summed E-state index contributed by atoms with van der Waals surface area (Å²) in [5, 5.41) is 24.2. The van der Waals surface area contributed by atoms with Crippen LogP contribution in [0.1, 0.15) is 15.9 Å². The Morgan fingerprint density at radius 2 is 1.82 bits per heavy atom. The number of nitro groups is 1. The third kappa shape index (κ3) is 6.02. The summed E-state index contributed by atoms with van der Waals surface area (Å²) in [4.78, 5) is 45.7. The van der Waals surface area contributed by atoms with Crippen LogP contribution in [0, 0.1) is 10.1 Å². The van der Waals surface area contributed by atoms with E-state index in [1.807, 2.05) is 0 Å². The van der Waals surface area contributed by atoms with Crippen molar-refractivity contribution in [2.24, 2.45) is 0 Å². The van der Waals surface area contributed by atoms with Crippen molar-refractivity contribution in [1.82, 2.24) is 10.6 Å². The zero-order valence-electron chi connectivity index (χ0n) is 14.2. The summed E-state index contributed by atoms with van der Waals surface area (Å²) in [5.41, 5.74) is 0.0953.